The first-order valence-corrected chi connectivity index (χ1v) is 7.53. The second kappa shape index (κ2) is 5.25. The number of likely N-dealkylation sites (N-methyl/N-ethyl adjacent to an activating group) is 1. The van der Waals surface area contributed by atoms with Gasteiger partial charge in [-0.15, -0.1) is 0 Å². The van der Waals surface area contributed by atoms with Gasteiger partial charge in [0.05, 0.1) is 0 Å². The molecule has 0 aromatic carbocycles. The van der Waals surface area contributed by atoms with E-state index in [0.29, 0.717) is 0 Å². The van der Waals surface area contributed by atoms with Crippen LogP contribution in [0.5, 0.6) is 0 Å². The summed E-state index contributed by atoms with van der Waals surface area (Å²) in [6.07, 6.45) is 3.81. The van der Waals surface area contributed by atoms with E-state index in [0.717, 1.165) is 12.6 Å². The van der Waals surface area contributed by atoms with Crippen molar-refractivity contribution >= 4 is 11.8 Å². The van der Waals surface area contributed by atoms with Crippen molar-refractivity contribution in [1.29, 1.82) is 0 Å². The lowest BCUT2D eigenvalue weighted by molar-refractivity contribution is 0.0299. The summed E-state index contributed by atoms with van der Waals surface area (Å²) < 4.78 is 0. The van der Waals surface area contributed by atoms with Gasteiger partial charge in [0.1, 0.15) is 0 Å². The Morgan fingerprint density at radius 1 is 1.44 bits per heavy atom. The first kappa shape index (κ1) is 12.7. The zero-order valence-corrected chi connectivity index (χ0v) is 11.4. The van der Waals surface area contributed by atoms with Crippen LogP contribution in [0.2, 0.25) is 0 Å². The lowest BCUT2D eigenvalue weighted by atomic mass is 9.85. The maximum atomic E-state index is 6.09. The topological polar surface area (TPSA) is 32.5 Å². The van der Waals surface area contributed by atoms with Gasteiger partial charge in [-0.25, -0.2) is 0 Å². The van der Waals surface area contributed by atoms with Crippen molar-refractivity contribution < 1.29 is 0 Å². The van der Waals surface area contributed by atoms with E-state index in [2.05, 4.69) is 35.7 Å². The normalized spacial score (nSPS) is 31.1. The van der Waals surface area contributed by atoms with E-state index in [1.165, 1.54) is 43.9 Å². The summed E-state index contributed by atoms with van der Waals surface area (Å²) in [7, 11) is 4.51. The molecule has 0 aromatic heterocycles. The molecule has 0 bridgehead atoms. The van der Waals surface area contributed by atoms with Crippen LogP contribution in [-0.2, 0) is 0 Å². The van der Waals surface area contributed by atoms with Crippen LogP contribution in [0.4, 0.5) is 0 Å². The number of thioether (sulfide) groups is 1. The molecular weight excluding hydrogens is 218 g/mol. The highest BCUT2D eigenvalue weighted by molar-refractivity contribution is 7.99. The van der Waals surface area contributed by atoms with E-state index in [1.807, 2.05) is 0 Å². The van der Waals surface area contributed by atoms with E-state index >= 15 is 0 Å². The number of rotatable bonds is 3. The standard InChI is InChI=1S/C12H25N3S/c1-14-6-4-12(10-13,5-7-14)15(2)11-3-8-16-9-11/h11H,3-10,13H2,1-2H3. The maximum absolute atomic E-state index is 6.09. The first-order chi connectivity index (χ1) is 7.68. The number of hydrogen-bond acceptors (Lipinski definition) is 4. The van der Waals surface area contributed by atoms with Crippen LogP contribution in [0, 0.1) is 0 Å². The van der Waals surface area contributed by atoms with Crippen LogP contribution in [0.3, 0.4) is 0 Å². The van der Waals surface area contributed by atoms with Gasteiger partial charge in [0.25, 0.3) is 0 Å². The van der Waals surface area contributed by atoms with Gasteiger partial charge in [-0.2, -0.15) is 11.8 Å². The van der Waals surface area contributed by atoms with Gasteiger partial charge in [-0.05, 0) is 52.2 Å². The second-order valence-electron chi connectivity index (χ2n) is 5.36. The quantitative estimate of drug-likeness (QED) is 0.796. The monoisotopic (exact) mass is 243 g/mol. The molecule has 2 saturated heterocycles. The number of nitrogens with two attached hydrogens (primary N) is 1. The van der Waals surface area contributed by atoms with Crippen molar-refractivity contribution in [2.45, 2.75) is 30.8 Å². The molecule has 2 aliphatic heterocycles. The molecule has 2 fully saturated rings. The summed E-state index contributed by atoms with van der Waals surface area (Å²) in [4.78, 5) is 5.03. The van der Waals surface area contributed by atoms with Crippen LogP contribution >= 0.6 is 11.8 Å². The molecule has 0 radical (unpaired) electrons. The fourth-order valence-corrected chi connectivity index (χ4v) is 4.22. The Balaban J connectivity index is 2.02. The highest BCUT2D eigenvalue weighted by Gasteiger charge is 2.39. The zero-order valence-electron chi connectivity index (χ0n) is 10.6. The fourth-order valence-electron chi connectivity index (χ4n) is 2.95. The van der Waals surface area contributed by atoms with E-state index in [4.69, 9.17) is 5.73 Å². The predicted octanol–water partition coefficient (Wildman–Crippen LogP) is 0.847. The lowest BCUT2D eigenvalue weighted by Gasteiger charge is -2.48. The van der Waals surface area contributed by atoms with Gasteiger partial charge in [0.2, 0.25) is 0 Å². The average molecular weight is 243 g/mol. The van der Waals surface area contributed by atoms with E-state index in [1.54, 1.807) is 0 Å². The SMILES string of the molecule is CN1CCC(CN)(N(C)C2CCSC2)CC1. The van der Waals surface area contributed by atoms with E-state index in [-0.39, 0.29) is 5.54 Å². The Kier molecular flexibility index (Phi) is 4.16. The molecule has 16 heavy (non-hydrogen) atoms. The molecule has 4 heteroatoms. The minimum absolute atomic E-state index is 0.280. The van der Waals surface area contributed by atoms with Gasteiger partial charge >= 0.3 is 0 Å². The average Bonchev–Trinajstić information content (AvgIpc) is 2.83. The zero-order chi connectivity index (χ0) is 11.6. The molecule has 2 rings (SSSR count). The van der Waals surface area contributed by atoms with Gasteiger partial charge < -0.3 is 10.6 Å². The number of likely N-dealkylation sites (tertiary alicyclic amines) is 1. The van der Waals surface area contributed by atoms with Crippen LogP contribution in [-0.4, -0.2) is 66.6 Å². The molecular formula is C12H25N3S. The molecule has 0 spiro atoms. The third-order valence-electron chi connectivity index (χ3n) is 4.50. The predicted molar refractivity (Wildman–Crippen MR) is 72.0 cm³/mol. The van der Waals surface area contributed by atoms with Crippen molar-refractivity contribution in [2.24, 2.45) is 5.73 Å². The van der Waals surface area contributed by atoms with Crippen LogP contribution in [0.25, 0.3) is 0 Å². The highest BCUT2D eigenvalue weighted by Crippen LogP contribution is 2.32. The lowest BCUT2D eigenvalue weighted by Crippen LogP contribution is -2.60. The van der Waals surface area contributed by atoms with Crippen LogP contribution in [0.15, 0.2) is 0 Å². The Bertz CT molecular complexity index is 220. The Hall–Kier alpha value is 0.230. The molecule has 0 amide bonds. The molecule has 0 aliphatic carbocycles. The molecule has 2 N–H and O–H groups in total. The molecule has 94 valence electrons. The Labute approximate surface area is 104 Å². The third-order valence-corrected chi connectivity index (χ3v) is 5.64. The van der Waals surface area contributed by atoms with E-state index in [9.17, 15) is 0 Å². The molecule has 3 nitrogen and oxygen atoms in total. The Morgan fingerprint density at radius 3 is 2.62 bits per heavy atom. The minimum atomic E-state index is 0.280. The van der Waals surface area contributed by atoms with Crippen LogP contribution in [0.1, 0.15) is 19.3 Å². The first-order valence-electron chi connectivity index (χ1n) is 6.37. The number of piperidine rings is 1. The van der Waals surface area contributed by atoms with Crippen molar-refractivity contribution in [3.63, 3.8) is 0 Å². The smallest absolute Gasteiger partial charge is 0.0356 e. The fraction of sp³-hybridized carbons (Fsp3) is 1.00. The van der Waals surface area contributed by atoms with Crippen molar-refractivity contribution in [3.8, 4) is 0 Å². The summed E-state index contributed by atoms with van der Waals surface area (Å²) in [5, 5.41) is 0. The van der Waals surface area contributed by atoms with Crippen molar-refractivity contribution in [2.75, 3.05) is 45.2 Å². The maximum Gasteiger partial charge on any atom is 0.0356 e. The molecule has 1 atom stereocenters. The summed E-state index contributed by atoms with van der Waals surface area (Å²) in [5.74, 6) is 2.63. The summed E-state index contributed by atoms with van der Waals surface area (Å²) in [6, 6.07) is 0.761. The highest BCUT2D eigenvalue weighted by atomic mass is 32.2. The van der Waals surface area contributed by atoms with Crippen molar-refractivity contribution in [1.82, 2.24) is 9.80 Å². The summed E-state index contributed by atoms with van der Waals surface area (Å²) in [6.45, 7) is 3.21. The van der Waals surface area contributed by atoms with Gasteiger partial charge in [0.15, 0.2) is 0 Å². The molecule has 2 aliphatic rings. The number of hydrogen-bond donors (Lipinski definition) is 1. The van der Waals surface area contributed by atoms with Crippen LogP contribution < -0.4 is 5.73 Å². The number of nitrogens with zero attached hydrogens (tertiary/aromatic N) is 2. The van der Waals surface area contributed by atoms with Gasteiger partial charge in [-0.3, -0.25) is 4.90 Å². The molecule has 0 aromatic rings. The molecule has 2 heterocycles. The second-order valence-corrected chi connectivity index (χ2v) is 6.51. The largest absolute Gasteiger partial charge is 0.329 e. The van der Waals surface area contributed by atoms with Gasteiger partial charge in [0, 0.05) is 23.9 Å². The molecule has 1 unspecified atom stereocenters. The third kappa shape index (κ3) is 2.40. The molecule has 0 saturated carbocycles. The summed E-state index contributed by atoms with van der Waals surface area (Å²) in [5.41, 5.74) is 6.37. The van der Waals surface area contributed by atoms with Gasteiger partial charge in [-0.1, -0.05) is 0 Å². The summed E-state index contributed by atoms with van der Waals surface area (Å²) >= 11 is 2.09. The minimum Gasteiger partial charge on any atom is -0.329 e. The van der Waals surface area contributed by atoms with Crippen molar-refractivity contribution in [3.05, 3.63) is 0 Å². The van der Waals surface area contributed by atoms with E-state index < -0.39 is 0 Å². The Morgan fingerprint density at radius 2 is 2.12 bits per heavy atom.